The number of alkyl carbamates (subject to hydrolysis) is 1. The number of piperazine rings is 1. The normalized spacial score (nSPS) is 16.3. The lowest BCUT2D eigenvalue weighted by Crippen LogP contribution is -2.46. The average Bonchev–Trinajstić information content (AvgIpc) is 2.52. The average molecular weight is 320 g/mol. The molecule has 0 spiro atoms. The number of rotatable bonds is 4. The number of hydrogen-bond acceptors (Lipinski definition) is 5. The summed E-state index contributed by atoms with van der Waals surface area (Å²) in [7, 11) is 0. The first kappa shape index (κ1) is 17.5. The minimum absolute atomic E-state index is 0.405. The molecule has 1 aliphatic heterocycles. The highest BCUT2D eigenvalue weighted by Crippen LogP contribution is 2.14. The SMILES string of the molecule is CCN1CCN(c2ccc(CNC(=O)OC(C)(C)C)cn2)CC1. The number of hydrogen-bond donors (Lipinski definition) is 1. The Hall–Kier alpha value is -1.82. The molecule has 1 aromatic rings. The van der Waals surface area contributed by atoms with Crippen LogP contribution in [0.25, 0.3) is 0 Å². The summed E-state index contributed by atoms with van der Waals surface area (Å²) in [5, 5.41) is 2.75. The van der Waals surface area contributed by atoms with Gasteiger partial charge in [0, 0.05) is 38.9 Å². The van der Waals surface area contributed by atoms with Crippen molar-refractivity contribution in [3.8, 4) is 0 Å². The number of likely N-dealkylation sites (N-methyl/N-ethyl adjacent to an activating group) is 1. The maximum Gasteiger partial charge on any atom is 0.407 e. The van der Waals surface area contributed by atoms with Crippen molar-refractivity contribution in [2.75, 3.05) is 37.6 Å². The topological polar surface area (TPSA) is 57.7 Å². The van der Waals surface area contributed by atoms with E-state index in [1.54, 1.807) is 0 Å². The van der Waals surface area contributed by atoms with Gasteiger partial charge in [0.15, 0.2) is 0 Å². The van der Waals surface area contributed by atoms with Crippen molar-refractivity contribution in [2.24, 2.45) is 0 Å². The van der Waals surface area contributed by atoms with Crippen LogP contribution in [0, 0.1) is 0 Å². The van der Waals surface area contributed by atoms with Crippen molar-refractivity contribution in [1.82, 2.24) is 15.2 Å². The van der Waals surface area contributed by atoms with E-state index in [2.05, 4.69) is 27.0 Å². The monoisotopic (exact) mass is 320 g/mol. The Balaban J connectivity index is 1.82. The molecule has 6 nitrogen and oxygen atoms in total. The van der Waals surface area contributed by atoms with Gasteiger partial charge >= 0.3 is 6.09 Å². The van der Waals surface area contributed by atoms with Crippen LogP contribution in [0.2, 0.25) is 0 Å². The first-order valence-electron chi connectivity index (χ1n) is 8.26. The molecule has 1 aliphatic rings. The van der Waals surface area contributed by atoms with E-state index < -0.39 is 11.7 Å². The van der Waals surface area contributed by atoms with E-state index in [0.717, 1.165) is 44.1 Å². The Morgan fingerprint density at radius 3 is 2.48 bits per heavy atom. The Bertz CT molecular complexity index is 502. The maximum absolute atomic E-state index is 11.6. The first-order valence-corrected chi connectivity index (χ1v) is 8.26. The maximum atomic E-state index is 11.6. The molecule has 1 saturated heterocycles. The number of nitrogens with zero attached hydrogens (tertiary/aromatic N) is 3. The van der Waals surface area contributed by atoms with Gasteiger partial charge in [-0.1, -0.05) is 13.0 Å². The number of carbonyl (C=O) groups is 1. The van der Waals surface area contributed by atoms with Gasteiger partial charge in [0.2, 0.25) is 0 Å². The zero-order valence-electron chi connectivity index (χ0n) is 14.6. The molecular formula is C17H28N4O2. The molecule has 1 N–H and O–H groups in total. The summed E-state index contributed by atoms with van der Waals surface area (Å²) in [5.41, 5.74) is 0.485. The predicted molar refractivity (Wildman–Crippen MR) is 91.6 cm³/mol. The molecule has 128 valence electrons. The van der Waals surface area contributed by atoms with Gasteiger partial charge in [0.05, 0.1) is 0 Å². The van der Waals surface area contributed by atoms with Crippen molar-refractivity contribution in [3.63, 3.8) is 0 Å². The van der Waals surface area contributed by atoms with Gasteiger partial charge in [-0.05, 0) is 38.9 Å². The molecule has 0 bridgehead atoms. The van der Waals surface area contributed by atoms with Gasteiger partial charge < -0.3 is 19.9 Å². The van der Waals surface area contributed by atoms with Crippen molar-refractivity contribution in [2.45, 2.75) is 39.8 Å². The number of anilines is 1. The fraction of sp³-hybridized carbons (Fsp3) is 0.647. The van der Waals surface area contributed by atoms with Gasteiger partial charge in [0.25, 0.3) is 0 Å². The summed E-state index contributed by atoms with van der Waals surface area (Å²) < 4.78 is 5.22. The highest BCUT2D eigenvalue weighted by Gasteiger charge is 2.17. The highest BCUT2D eigenvalue weighted by molar-refractivity contribution is 5.67. The highest BCUT2D eigenvalue weighted by atomic mass is 16.6. The van der Waals surface area contributed by atoms with Crippen LogP contribution in [-0.4, -0.2) is 54.3 Å². The number of aromatic nitrogens is 1. The standard InChI is InChI=1S/C17H28N4O2/c1-5-20-8-10-21(11-9-20)15-7-6-14(12-18-15)13-19-16(22)23-17(2,3)4/h6-7,12H,5,8-11,13H2,1-4H3,(H,19,22). The predicted octanol–water partition coefficient (Wildman–Crippen LogP) is 2.25. The third-order valence-electron chi connectivity index (χ3n) is 3.79. The Kier molecular flexibility index (Phi) is 5.82. The zero-order chi connectivity index (χ0) is 16.9. The van der Waals surface area contributed by atoms with Gasteiger partial charge in [-0.15, -0.1) is 0 Å². The summed E-state index contributed by atoms with van der Waals surface area (Å²) in [4.78, 5) is 20.9. The van der Waals surface area contributed by atoms with Gasteiger partial charge in [-0.3, -0.25) is 0 Å². The third kappa shape index (κ3) is 5.71. The Morgan fingerprint density at radius 2 is 1.96 bits per heavy atom. The molecule has 1 fully saturated rings. The van der Waals surface area contributed by atoms with Crippen molar-refractivity contribution in [3.05, 3.63) is 23.9 Å². The molecule has 0 atom stereocenters. The van der Waals surface area contributed by atoms with Crippen LogP contribution in [0.15, 0.2) is 18.3 Å². The molecule has 2 rings (SSSR count). The molecule has 2 heterocycles. The number of pyridine rings is 1. The summed E-state index contributed by atoms with van der Waals surface area (Å²) in [5.74, 6) is 1.00. The van der Waals surface area contributed by atoms with Crippen molar-refractivity contribution in [1.29, 1.82) is 0 Å². The molecule has 23 heavy (non-hydrogen) atoms. The number of carbonyl (C=O) groups excluding carboxylic acids is 1. The van der Waals surface area contributed by atoms with Crippen LogP contribution in [0.3, 0.4) is 0 Å². The molecule has 6 heteroatoms. The minimum Gasteiger partial charge on any atom is -0.444 e. The van der Waals surface area contributed by atoms with Gasteiger partial charge in [-0.25, -0.2) is 9.78 Å². The van der Waals surface area contributed by atoms with Crippen LogP contribution >= 0.6 is 0 Å². The second-order valence-corrected chi connectivity index (χ2v) is 6.80. The lowest BCUT2D eigenvalue weighted by Gasteiger charge is -2.34. The quantitative estimate of drug-likeness (QED) is 0.922. The van der Waals surface area contributed by atoms with E-state index in [4.69, 9.17) is 4.74 Å². The second kappa shape index (κ2) is 7.64. The molecule has 1 aromatic heterocycles. The van der Waals surface area contributed by atoms with Crippen LogP contribution in [0.1, 0.15) is 33.3 Å². The molecule has 0 unspecified atom stereocenters. The van der Waals surface area contributed by atoms with Gasteiger partial charge in [0.1, 0.15) is 11.4 Å². The molecule has 0 saturated carbocycles. The van der Waals surface area contributed by atoms with Crippen molar-refractivity contribution < 1.29 is 9.53 Å². The largest absolute Gasteiger partial charge is 0.444 e. The van der Waals surface area contributed by atoms with Crippen LogP contribution in [0.4, 0.5) is 10.6 Å². The fourth-order valence-corrected chi connectivity index (χ4v) is 2.49. The fourth-order valence-electron chi connectivity index (χ4n) is 2.49. The van der Waals surface area contributed by atoms with E-state index >= 15 is 0 Å². The van der Waals surface area contributed by atoms with Crippen LogP contribution in [0.5, 0.6) is 0 Å². The molecular weight excluding hydrogens is 292 g/mol. The number of amides is 1. The van der Waals surface area contributed by atoms with E-state index in [0.29, 0.717) is 6.54 Å². The summed E-state index contributed by atoms with van der Waals surface area (Å²) in [6, 6.07) is 4.03. The van der Waals surface area contributed by atoms with E-state index in [1.807, 2.05) is 39.1 Å². The van der Waals surface area contributed by atoms with Crippen molar-refractivity contribution >= 4 is 11.9 Å². The molecule has 0 radical (unpaired) electrons. The van der Waals surface area contributed by atoms with Crippen LogP contribution < -0.4 is 10.2 Å². The van der Waals surface area contributed by atoms with E-state index in [9.17, 15) is 4.79 Å². The second-order valence-electron chi connectivity index (χ2n) is 6.80. The molecule has 0 aromatic carbocycles. The van der Waals surface area contributed by atoms with E-state index in [-0.39, 0.29) is 0 Å². The van der Waals surface area contributed by atoms with Gasteiger partial charge in [-0.2, -0.15) is 0 Å². The summed E-state index contributed by atoms with van der Waals surface area (Å²) in [6.45, 7) is 13.5. The third-order valence-corrected chi connectivity index (χ3v) is 3.79. The molecule has 1 amide bonds. The van der Waals surface area contributed by atoms with E-state index in [1.165, 1.54) is 0 Å². The zero-order valence-corrected chi connectivity index (χ0v) is 14.6. The smallest absolute Gasteiger partial charge is 0.407 e. The Labute approximate surface area is 138 Å². The number of ether oxygens (including phenoxy) is 1. The van der Waals surface area contributed by atoms with Crippen LogP contribution in [-0.2, 0) is 11.3 Å². The summed E-state index contributed by atoms with van der Waals surface area (Å²) >= 11 is 0. The first-order chi connectivity index (χ1) is 10.9. The minimum atomic E-state index is -0.479. The lowest BCUT2D eigenvalue weighted by atomic mass is 10.2. The lowest BCUT2D eigenvalue weighted by molar-refractivity contribution is 0.0523. The summed E-state index contributed by atoms with van der Waals surface area (Å²) in [6.07, 6.45) is 1.41. The Morgan fingerprint density at radius 1 is 1.26 bits per heavy atom. The number of nitrogens with one attached hydrogen (secondary N) is 1. The molecule has 0 aliphatic carbocycles.